The van der Waals surface area contributed by atoms with Gasteiger partial charge in [0, 0.05) is 28.4 Å². The molecule has 72 valence electrons. The summed E-state index contributed by atoms with van der Waals surface area (Å²) in [5, 5.41) is 1.47. The molecule has 2 aromatic rings. The molecule has 0 fully saturated rings. The number of H-pyrrole nitrogens is 1. The van der Waals surface area contributed by atoms with Gasteiger partial charge in [-0.05, 0) is 35.9 Å². The molecule has 0 unspecified atom stereocenters. The number of benzene rings is 1. The molecule has 14 heavy (non-hydrogen) atoms. The lowest BCUT2D eigenvalue weighted by Crippen LogP contribution is -1.89. The first-order chi connectivity index (χ1) is 6.75. The second-order valence-corrected chi connectivity index (χ2v) is 3.95. The summed E-state index contributed by atoms with van der Waals surface area (Å²) in [7, 11) is 0. The number of halogens is 2. The highest BCUT2D eigenvalue weighted by Crippen LogP contribution is 2.22. The molecule has 1 aromatic carbocycles. The van der Waals surface area contributed by atoms with E-state index in [4.69, 9.17) is 23.2 Å². The first-order valence-corrected chi connectivity index (χ1v) is 5.07. The Morgan fingerprint density at radius 1 is 1.14 bits per heavy atom. The lowest BCUT2D eigenvalue weighted by molar-refractivity contribution is 1.11. The van der Waals surface area contributed by atoms with E-state index in [-0.39, 0.29) is 0 Å². The Bertz CT molecular complexity index is 421. The largest absolute Gasteiger partial charge is 0.365 e. The molecule has 0 aliphatic heterocycles. The summed E-state index contributed by atoms with van der Waals surface area (Å²) >= 11 is 11.9. The van der Waals surface area contributed by atoms with Crippen molar-refractivity contribution in [2.75, 3.05) is 0 Å². The number of nitrogens with one attached hydrogen (secondary N) is 1. The van der Waals surface area contributed by atoms with Crippen molar-refractivity contribution < 1.29 is 0 Å². The van der Waals surface area contributed by atoms with Gasteiger partial charge in [0.15, 0.2) is 0 Å². The lowest BCUT2D eigenvalue weighted by Gasteiger charge is -2.03. The second kappa shape index (κ2) is 4.07. The molecule has 0 atom stereocenters. The van der Waals surface area contributed by atoms with Gasteiger partial charge in [0.1, 0.15) is 0 Å². The fourth-order valence-corrected chi connectivity index (χ4v) is 1.74. The average Bonchev–Trinajstić information content (AvgIpc) is 2.64. The monoisotopic (exact) mass is 225 g/mol. The van der Waals surface area contributed by atoms with Gasteiger partial charge >= 0.3 is 0 Å². The molecule has 0 bridgehead atoms. The topological polar surface area (TPSA) is 15.8 Å². The summed E-state index contributed by atoms with van der Waals surface area (Å²) in [4.78, 5) is 3.13. The van der Waals surface area contributed by atoms with Gasteiger partial charge in [-0.1, -0.05) is 23.2 Å². The van der Waals surface area contributed by atoms with E-state index < -0.39 is 0 Å². The van der Waals surface area contributed by atoms with Crippen LogP contribution in [0.5, 0.6) is 0 Å². The zero-order valence-corrected chi connectivity index (χ0v) is 8.94. The molecule has 0 radical (unpaired) electrons. The van der Waals surface area contributed by atoms with E-state index in [1.165, 1.54) is 0 Å². The second-order valence-electron chi connectivity index (χ2n) is 3.11. The van der Waals surface area contributed by atoms with Crippen LogP contribution < -0.4 is 0 Å². The van der Waals surface area contributed by atoms with E-state index in [1.54, 1.807) is 6.07 Å². The van der Waals surface area contributed by atoms with Crippen LogP contribution in [0.4, 0.5) is 0 Å². The van der Waals surface area contributed by atoms with Gasteiger partial charge in [0.2, 0.25) is 0 Å². The fraction of sp³-hybridized carbons (Fsp3) is 0.0909. The molecule has 3 heteroatoms. The molecule has 1 N–H and O–H groups in total. The molecule has 0 aliphatic rings. The zero-order valence-electron chi connectivity index (χ0n) is 7.43. The molecule has 1 heterocycles. The summed E-state index contributed by atoms with van der Waals surface area (Å²) < 4.78 is 0. The molecule has 0 spiro atoms. The van der Waals surface area contributed by atoms with Crippen LogP contribution in [0.2, 0.25) is 10.0 Å². The van der Waals surface area contributed by atoms with Crippen molar-refractivity contribution >= 4 is 23.2 Å². The Labute approximate surface area is 92.7 Å². The Morgan fingerprint density at radius 2 is 2.00 bits per heavy atom. The van der Waals surface area contributed by atoms with Crippen molar-refractivity contribution in [3.8, 4) is 0 Å². The lowest BCUT2D eigenvalue weighted by atomic mass is 10.1. The van der Waals surface area contributed by atoms with E-state index in [9.17, 15) is 0 Å². The normalized spacial score (nSPS) is 10.4. The van der Waals surface area contributed by atoms with Crippen LogP contribution >= 0.6 is 23.2 Å². The Morgan fingerprint density at radius 3 is 2.71 bits per heavy atom. The van der Waals surface area contributed by atoms with Crippen LogP contribution in [-0.4, -0.2) is 4.98 Å². The van der Waals surface area contributed by atoms with Crippen LogP contribution in [-0.2, 0) is 6.42 Å². The van der Waals surface area contributed by atoms with Crippen LogP contribution in [0.1, 0.15) is 11.3 Å². The molecule has 1 nitrogen and oxygen atoms in total. The van der Waals surface area contributed by atoms with Gasteiger partial charge in [-0.2, -0.15) is 0 Å². The minimum Gasteiger partial charge on any atom is -0.365 e. The molecule has 1 aromatic heterocycles. The Balaban J connectivity index is 2.28. The van der Waals surface area contributed by atoms with Crippen molar-refractivity contribution in [1.29, 1.82) is 0 Å². The van der Waals surface area contributed by atoms with E-state index in [2.05, 4.69) is 4.98 Å². The van der Waals surface area contributed by atoms with E-state index in [0.29, 0.717) is 0 Å². The van der Waals surface area contributed by atoms with E-state index in [1.807, 2.05) is 30.5 Å². The van der Waals surface area contributed by atoms with Gasteiger partial charge < -0.3 is 4.98 Å². The third-order valence-corrected chi connectivity index (χ3v) is 2.65. The molecule has 0 aliphatic carbocycles. The quantitative estimate of drug-likeness (QED) is 0.798. The number of rotatable bonds is 2. The highest BCUT2D eigenvalue weighted by atomic mass is 35.5. The number of aromatic nitrogens is 1. The van der Waals surface area contributed by atoms with E-state index >= 15 is 0 Å². The van der Waals surface area contributed by atoms with Gasteiger partial charge in [-0.3, -0.25) is 0 Å². The Kier molecular flexibility index (Phi) is 2.80. The van der Waals surface area contributed by atoms with Crippen molar-refractivity contribution in [2.45, 2.75) is 6.42 Å². The third-order valence-electron chi connectivity index (χ3n) is 2.05. The van der Waals surface area contributed by atoms with Crippen LogP contribution in [0.25, 0.3) is 0 Å². The number of hydrogen-bond donors (Lipinski definition) is 1. The molecular formula is C11H9Cl2N. The summed E-state index contributed by atoms with van der Waals surface area (Å²) in [6.07, 6.45) is 2.68. The maximum atomic E-state index is 6.04. The van der Waals surface area contributed by atoms with Gasteiger partial charge in [-0.15, -0.1) is 0 Å². The van der Waals surface area contributed by atoms with Gasteiger partial charge in [0.05, 0.1) is 0 Å². The van der Waals surface area contributed by atoms with Crippen LogP contribution in [0.3, 0.4) is 0 Å². The summed E-state index contributed by atoms with van der Waals surface area (Å²) in [6.45, 7) is 0. The molecular weight excluding hydrogens is 217 g/mol. The zero-order chi connectivity index (χ0) is 9.97. The predicted octanol–water partition coefficient (Wildman–Crippen LogP) is 3.91. The fourth-order valence-electron chi connectivity index (χ4n) is 1.36. The van der Waals surface area contributed by atoms with E-state index in [0.717, 1.165) is 27.7 Å². The first-order valence-electron chi connectivity index (χ1n) is 4.32. The maximum Gasteiger partial charge on any atom is 0.0442 e. The molecule has 0 saturated carbocycles. The Hall–Kier alpha value is -0.920. The SMILES string of the molecule is Clc1ccc(Cl)c(Cc2ccc[nH]2)c1. The van der Waals surface area contributed by atoms with Gasteiger partial charge in [0.25, 0.3) is 0 Å². The van der Waals surface area contributed by atoms with Crippen molar-refractivity contribution in [3.63, 3.8) is 0 Å². The van der Waals surface area contributed by atoms with Crippen molar-refractivity contribution in [2.24, 2.45) is 0 Å². The standard InChI is InChI=1S/C11H9Cl2N/c12-9-3-4-11(13)8(6-9)7-10-2-1-5-14-10/h1-6,14H,7H2. The minimum atomic E-state index is 0.718. The summed E-state index contributed by atoms with van der Waals surface area (Å²) in [5.74, 6) is 0. The molecule has 2 rings (SSSR count). The summed E-state index contributed by atoms with van der Waals surface area (Å²) in [6, 6.07) is 9.50. The van der Waals surface area contributed by atoms with Crippen molar-refractivity contribution in [1.82, 2.24) is 4.98 Å². The molecule has 0 amide bonds. The predicted molar refractivity (Wildman–Crippen MR) is 60.1 cm³/mol. The third kappa shape index (κ3) is 2.11. The highest BCUT2D eigenvalue weighted by Gasteiger charge is 2.02. The molecule has 0 saturated heterocycles. The van der Waals surface area contributed by atoms with Crippen LogP contribution in [0.15, 0.2) is 36.5 Å². The minimum absolute atomic E-state index is 0.718. The van der Waals surface area contributed by atoms with Gasteiger partial charge in [-0.25, -0.2) is 0 Å². The average molecular weight is 226 g/mol. The number of aromatic amines is 1. The smallest absolute Gasteiger partial charge is 0.0442 e. The summed E-state index contributed by atoms with van der Waals surface area (Å²) in [5.41, 5.74) is 2.18. The van der Waals surface area contributed by atoms with Crippen molar-refractivity contribution in [3.05, 3.63) is 57.8 Å². The van der Waals surface area contributed by atoms with Crippen LogP contribution in [0, 0.1) is 0 Å². The first kappa shape index (κ1) is 9.63. The highest BCUT2D eigenvalue weighted by molar-refractivity contribution is 6.33. The number of hydrogen-bond acceptors (Lipinski definition) is 0. The maximum absolute atomic E-state index is 6.04.